The number of nitrogens with one attached hydrogen (secondary N) is 1. The molecular weight excluding hydrogens is 198 g/mol. The zero-order chi connectivity index (χ0) is 11.2. The maximum Gasteiger partial charge on any atom is 0.0874 e. The number of anilines is 1. The number of hydrazine groups is 1. The van der Waals surface area contributed by atoms with Gasteiger partial charge < -0.3 is 5.43 Å². The molecule has 80 valence electrons. The molecule has 0 radical (unpaired) electrons. The molecule has 3 N–H and O–H groups in total. The molecule has 0 atom stereocenters. The van der Waals surface area contributed by atoms with Crippen LogP contribution in [-0.4, -0.2) is 4.98 Å². The zero-order valence-corrected chi connectivity index (χ0v) is 8.80. The summed E-state index contributed by atoms with van der Waals surface area (Å²) in [6.45, 7) is 0. The SMILES string of the molecule is NNc1cccnc1C=Cc1ccccc1. The van der Waals surface area contributed by atoms with Gasteiger partial charge in [0.1, 0.15) is 0 Å². The number of hydrogen-bond donors (Lipinski definition) is 2. The fourth-order valence-electron chi connectivity index (χ4n) is 1.41. The van der Waals surface area contributed by atoms with Crippen LogP contribution in [0.5, 0.6) is 0 Å². The van der Waals surface area contributed by atoms with E-state index < -0.39 is 0 Å². The van der Waals surface area contributed by atoms with Crippen LogP contribution in [0.1, 0.15) is 11.3 Å². The average Bonchev–Trinajstić information content (AvgIpc) is 2.38. The Labute approximate surface area is 94.6 Å². The van der Waals surface area contributed by atoms with Crippen LogP contribution < -0.4 is 11.3 Å². The number of rotatable bonds is 3. The summed E-state index contributed by atoms with van der Waals surface area (Å²) in [7, 11) is 0. The summed E-state index contributed by atoms with van der Waals surface area (Å²) < 4.78 is 0. The van der Waals surface area contributed by atoms with Crippen LogP contribution in [0.3, 0.4) is 0 Å². The second-order valence-corrected chi connectivity index (χ2v) is 3.32. The molecule has 1 aromatic heterocycles. The molecule has 0 saturated carbocycles. The standard InChI is InChI=1S/C13H13N3/c14-16-13-7-4-10-15-12(13)9-8-11-5-2-1-3-6-11/h1-10,16H,14H2. The van der Waals surface area contributed by atoms with Crippen LogP contribution in [0.25, 0.3) is 12.2 Å². The lowest BCUT2D eigenvalue weighted by atomic mass is 10.2. The van der Waals surface area contributed by atoms with E-state index in [9.17, 15) is 0 Å². The number of pyridine rings is 1. The molecule has 2 rings (SSSR count). The van der Waals surface area contributed by atoms with E-state index in [1.807, 2.05) is 54.6 Å². The van der Waals surface area contributed by atoms with Crippen molar-refractivity contribution in [2.45, 2.75) is 0 Å². The largest absolute Gasteiger partial charge is 0.322 e. The van der Waals surface area contributed by atoms with E-state index >= 15 is 0 Å². The molecular formula is C13H13N3. The molecule has 0 saturated heterocycles. The minimum absolute atomic E-state index is 0.815. The Morgan fingerprint density at radius 2 is 1.81 bits per heavy atom. The minimum atomic E-state index is 0.815. The van der Waals surface area contributed by atoms with Crippen molar-refractivity contribution in [3.05, 3.63) is 59.9 Å². The minimum Gasteiger partial charge on any atom is -0.322 e. The van der Waals surface area contributed by atoms with Crippen molar-refractivity contribution in [3.8, 4) is 0 Å². The Morgan fingerprint density at radius 1 is 1.00 bits per heavy atom. The maximum absolute atomic E-state index is 5.40. The highest BCUT2D eigenvalue weighted by Gasteiger charge is 1.96. The Bertz CT molecular complexity index is 478. The van der Waals surface area contributed by atoms with E-state index in [-0.39, 0.29) is 0 Å². The summed E-state index contributed by atoms with van der Waals surface area (Å²) in [6.07, 6.45) is 5.68. The Balaban J connectivity index is 2.24. The summed E-state index contributed by atoms with van der Waals surface area (Å²) in [5.74, 6) is 5.40. The number of nitrogen functional groups attached to an aromatic ring is 1. The van der Waals surface area contributed by atoms with Gasteiger partial charge in [-0.25, -0.2) is 0 Å². The van der Waals surface area contributed by atoms with Crippen molar-refractivity contribution >= 4 is 17.8 Å². The molecule has 0 aliphatic heterocycles. The normalized spacial score (nSPS) is 10.6. The molecule has 0 fully saturated rings. The van der Waals surface area contributed by atoms with E-state index in [1.54, 1.807) is 6.20 Å². The fraction of sp³-hybridized carbons (Fsp3) is 0. The van der Waals surface area contributed by atoms with Crippen molar-refractivity contribution in [2.75, 3.05) is 5.43 Å². The predicted molar refractivity (Wildman–Crippen MR) is 67.4 cm³/mol. The van der Waals surface area contributed by atoms with Crippen LogP contribution in [0.15, 0.2) is 48.7 Å². The van der Waals surface area contributed by atoms with Gasteiger partial charge in [-0.1, -0.05) is 36.4 Å². The lowest BCUT2D eigenvalue weighted by Gasteiger charge is -2.02. The zero-order valence-electron chi connectivity index (χ0n) is 8.80. The van der Waals surface area contributed by atoms with E-state index in [0.717, 1.165) is 16.9 Å². The smallest absolute Gasteiger partial charge is 0.0874 e. The van der Waals surface area contributed by atoms with Gasteiger partial charge in [-0.2, -0.15) is 0 Å². The molecule has 1 heterocycles. The quantitative estimate of drug-likeness (QED) is 0.606. The van der Waals surface area contributed by atoms with Gasteiger partial charge in [0.15, 0.2) is 0 Å². The number of benzene rings is 1. The summed E-state index contributed by atoms with van der Waals surface area (Å²) in [4.78, 5) is 4.24. The third-order valence-corrected chi connectivity index (χ3v) is 2.23. The fourth-order valence-corrected chi connectivity index (χ4v) is 1.41. The van der Waals surface area contributed by atoms with Crippen LogP contribution >= 0.6 is 0 Å². The molecule has 0 amide bonds. The van der Waals surface area contributed by atoms with Gasteiger partial charge in [-0.15, -0.1) is 0 Å². The molecule has 1 aromatic carbocycles. The molecule has 0 aliphatic rings. The highest BCUT2D eigenvalue weighted by Crippen LogP contribution is 2.13. The van der Waals surface area contributed by atoms with E-state index in [4.69, 9.17) is 5.84 Å². The van der Waals surface area contributed by atoms with Crippen molar-refractivity contribution in [1.82, 2.24) is 4.98 Å². The lowest BCUT2D eigenvalue weighted by Crippen LogP contribution is -2.08. The first kappa shape index (κ1) is 10.4. The Hall–Kier alpha value is -2.13. The third-order valence-electron chi connectivity index (χ3n) is 2.23. The molecule has 0 aliphatic carbocycles. The van der Waals surface area contributed by atoms with Crippen LogP contribution in [0.4, 0.5) is 5.69 Å². The monoisotopic (exact) mass is 211 g/mol. The summed E-state index contributed by atoms with van der Waals surface area (Å²) in [5.41, 5.74) is 5.40. The first-order valence-electron chi connectivity index (χ1n) is 5.05. The van der Waals surface area contributed by atoms with Crippen LogP contribution in [0.2, 0.25) is 0 Å². The van der Waals surface area contributed by atoms with E-state index in [0.29, 0.717) is 0 Å². The summed E-state index contributed by atoms with van der Waals surface area (Å²) in [5, 5.41) is 0. The third kappa shape index (κ3) is 2.46. The van der Waals surface area contributed by atoms with Crippen LogP contribution in [0, 0.1) is 0 Å². The summed E-state index contributed by atoms with van der Waals surface area (Å²) >= 11 is 0. The molecule has 16 heavy (non-hydrogen) atoms. The lowest BCUT2D eigenvalue weighted by molar-refractivity contribution is 1.25. The van der Waals surface area contributed by atoms with Gasteiger partial charge in [-0.05, 0) is 23.8 Å². The molecule has 2 aromatic rings. The summed E-state index contributed by atoms with van der Waals surface area (Å²) in [6, 6.07) is 13.8. The number of hydrogen-bond acceptors (Lipinski definition) is 3. The van der Waals surface area contributed by atoms with E-state index in [2.05, 4.69) is 10.4 Å². The molecule has 3 nitrogen and oxygen atoms in total. The van der Waals surface area contributed by atoms with Gasteiger partial charge in [0.05, 0.1) is 11.4 Å². The van der Waals surface area contributed by atoms with Gasteiger partial charge in [0.2, 0.25) is 0 Å². The highest BCUT2D eigenvalue weighted by atomic mass is 15.2. The number of aromatic nitrogens is 1. The van der Waals surface area contributed by atoms with Crippen molar-refractivity contribution in [1.29, 1.82) is 0 Å². The average molecular weight is 211 g/mol. The highest BCUT2D eigenvalue weighted by molar-refractivity contribution is 5.74. The van der Waals surface area contributed by atoms with Crippen molar-refractivity contribution < 1.29 is 0 Å². The maximum atomic E-state index is 5.40. The second kappa shape index (κ2) is 5.09. The second-order valence-electron chi connectivity index (χ2n) is 3.32. The van der Waals surface area contributed by atoms with Gasteiger partial charge >= 0.3 is 0 Å². The van der Waals surface area contributed by atoms with Gasteiger partial charge in [-0.3, -0.25) is 10.8 Å². The first-order valence-corrected chi connectivity index (χ1v) is 5.05. The van der Waals surface area contributed by atoms with E-state index in [1.165, 1.54) is 0 Å². The number of nitrogens with two attached hydrogens (primary N) is 1. The molecule has 3 heteroatoms. The van der Waals surface area contributed by atoms with Crippen molar-refractivity contribution in [2.24, 2.45) is 5.84 Å². The van der Waals surface area contributed by atoms with Crippen molar-refractivity contribution in [3.63, 3.8) is 0 Å². The van der Waals surface area contributed by atoms with Gasteiger partial charge in [0, 0.05) is 6.20 Å². The predicted octanol–water partition coefficient (Wildman–Crippen LogP) is 2.54. The van der Waals surface area contributed by atoms with Crippen LogP contribution in [-0.2, 0) is 0 Å². The number of nitrogens with zero attached hydrogens (tertiary/aromatic N) is 1. The first-order chi connectivity index (χ1) is 7.90. The molecule has 0 spiro atoms. The molecule has 0 unspecified atom stereocenters. The Kier molecular flexibility index (Phi) is 3.31. The Morgan fingerprint density at radius 3 is 2.56 bits per heavy atom. The van der Waals surface area contributed by atoms with Gasteiger partial charge in [0.25, 0.3) is 0 Å². The molecule has 0 bridgehead atoms. The topological polar surface area (TPSA) is 50.9 Å².